The summed E-state index contributed by atoms with van der Waals surface area (Å²) in [4.78, 5) is 0. The van der Waals surface area contributed by atoms with Crippen LogP contribution in [0.4, 0.5) is 0 Å². The van der Waals surface area contributed by atoms with Gasteiger partial charge in [0, 0.05) is 6.61 Å². The third-order valence-electron chi connectivity index (χ3n) is 4.48. The highest BCUT2D eigenvalue weighted by Gasteiger charge is 2.40. The van der Waals surface area contributed by atoms with E-state index in [9.17, 15) is 5.11 Å². The number of aliphatic hydroxyl groups excluding tert-OH is 1. The minimum atomic E-state index is -0.507. The normalized spacial score (nSPS) is 20.2. The first kappa shape index (κ1) is 14.5. The summed E-state index contributed by atoms with van der Waals surface area (Å²) in [6.07, 6.45) is 4.99. The first-order valence-electron chi connectivity index (χ1n) is 7.48. The molecule has 0 amide bonds. The molecule has 1 aliphatic rings. The topological polar surface area (TPSA) is 29.5 Å². The van der Waals surface area contributed by atoms with E-state index in [1.54, 1.807) is 0 Å². The molecule has 19 heavy (non-hydrogen) atoms. The maximum atomic E-state index is 10.8. The van der Waals surface area contributed by atoms with Gasteiger partial charge in [0.2, 0.25) is 0 Å². The highest BCUT2D eigenvalue weighted by atomic mass is 16.5. The van der Waals surface area contributed by atoms with Crippen molar-refractivity contribution in [2.24, 2.45) is 0 Å². The molecule has 106 valence electrons. The molecule has 2 rings (SSSR count). The second-order valence-electron chi connectivity index (χ2n) is 5.80. The second-order valence-corrected chi connectivity index (χ2v) is 5.80. The molecule has 1 aliphatic carbocycles. The molecule has 1 unspecified atom stereocenters. The van der Waals surface area contributed by atoms with Crippen molar-refractivity contribution in [3.05, 3.63) is 34.9 Å². The molecule has 0 aromatic heterocycles. The van der Waals surface area contributed by atoms with Gasteiger partial charge in [-0.15, -0.1) is 0 Å². The molecule has 2 heteroatoms. The average Bonchev–Trinajstić information content (AvgIpc) is 2.42. The summed E-state index contributed by atoms with van der Waals surface area (Å²) >= 11 is 0. The van der Waals surface area contributed by atoms with E-state index in [-0.39, 0.29) is 5.60 Å². The lowest BCUT2D eigenvalue weighted by atomic mass is 9.78. The van der Waals surface area contributed by atoms with Gasteiger partial charge in [0.15, 0.2) is 0 Å². The van der Waals surface area contributed by atoms with Crippen LogP contribution in [-0.4, -0.2) is 17.3 Å². The smallest absolute Gasteiger partial charge is 0.108 e. The first-order valence-corrected chi connectivity index (χ1v) is 7.48. The summed E-state index contributed by atoms with van der Waals surface area (Å²) in [7, 11) is 0. The van der Waals surface area contributed by atoms with Crippen molar-refractivity contribution in [2.45, 2.75) is 64.6 Å². The van der Waals surface area contributed by atoms with Crippen LogP contribution in [0.3, 0.4) is 0 Å². The lowest BCUT2D eigenvalue weighted by molar-refractivity contribution is -0.141. The van der Waals surface area contributed by atoms with Crippen molar-refractivity contribution in [3.8, 4) is 0 Å². The van der Waals surface area contributed by atoms with E-state index in [1.807, 2.05) is 13.0 Å². The maximum absolute atomic E-state index is 10.8. The molecule has 1 aromatic rings. The van der Waals surface area contributed by atoms with Crippen molar-refractivity contribution in [2.75, 3.05) is 6.61 Å². The standard InChI is InChI=1S/C17H26O2/c1-4-19-17(10-6-5-7-11-17)16(18)15-9-8-13(2)14(3)12-15/h8-9,12,16,18H,4-7,10-11H2,1-3H3. The monoisotopic (exact) mass is 262 g/mol. The molecule has 0 aliphatic heterocycles. The van der Waals surface area contributed by atoms with E-state index in [0.29, 0.717) is 6.61 Å². The van der Waals surface area contributed by atoms with Crippen LogP contribution in [-0.2, 0) is 4.74 Å². The third kappa shape index (κ3) is 3.01. The Labute approximate surface area is 116 Å². The van der Waals surface area contributed by atoms with Crippen LogP contribution < -0.4 is 0 Å². The van der Waals surface area contributed by atoms with Crippen LogP contribution in [0.15, 0.2) is 18.2 Å². The Bertz CT molecular complexity index is 414. The fourth-order valence-corrected chi connectivity index (χ4v) is 3.17. The van der Waals surface area contributed by atoms with Crippen LogP contribution in [0.2, 0.25) is 0 Å². The molecule has 1 saturated carbocycles. The molecular formula is C17H26O2. The van der Waals surface area contributed by atoms with Crippen molar-refractivity contribution < 1.29 is 9.84 Å². The van der Waals surface area contributed by atoms with Crippen LogP contribution in [0, 0.1) is 13.8 Å². The van der Waals surface area contributed by atoms with Gasteiger partial charge in [-0.1, -0.05) is 37.5 Å². The van der Waals surface area contributed by atoms with Crippen molar-refractivity contribution in [3.63, 3.8) is 0 Å². The van der Waals surface area contributed by atoms with Gasteiger partial charge in [0.05, 0.1) is 5.60 Å². The number of aliphatic hydroxyl groups is 1. The predicted molar refractivity (Wildman–Crippen MR) is 78.3 cm³/mol. The highest BCUT2D eigenvalue weighted by Crippen LogP contribution is 2.41. The van der Waals surface area contributed by atoms with E-state index >= 15 is 0 Å². The summed E-state index contributed by atoms with van der Waals surface area (Å²) in [5, 5.41) is 10.8. The Balaban J connectivity index is 2.27. The Kier molecular flexibility index (Phi) is 4.64. The molecule has 1 N–H and O–H groups in total. The van der Waals surface area contributed by atoms with Crippen molar-refractivity contribution in [1.29, 1.82) is 0 Å². The summed E-state index contributed by atoms with van der Waals surface area (Å²) in [6, 6.07) is 6.24. The number of hydrogen-bond acceptors (Lipinski definition) is 2. The Hall–Kier alpha value is -0.860. The molecule has 1 atom stereocenters. The fraction of sp³-hybridized carbons (Fsp3) is 0.647. The number of hydrogen-bond donors (Lipinski definition) is 1. The Morgan fingerprint density at radius 1 is 1.16 bits per heavy atom. The largest absolute Gasteiger partial charge is 0.385 e. The van der Waals surface area contributed by atoms with E-state index in [4.69, 9.17) is 4.74 Å². The summed E-state index contributed by atoms with van der Waals surface area (Å²) in [6.45, 7) is 6.88. The third-order valence-corrected chi connectivity index (χ3v) is 4.48. The molecule has 0 saturated heterocycles. The quantitative estimate of drug-likeness (QED) is 0.886. The zero-order valence-electron chi connectivity index (χ0n) is 12.4. The number of rotatable bonds is 4. The predicted octanol–water partition coefficient (Wildman–Crippen LogP) is 4.08. The molecule has 1 fully saturated rings. The molecule has 0 heterocycles. The van der Waals surface area contributed by atoms with Gasteiger partial charge in [-0.25, -0.2) is 0 Å². The minimum absolute atomic E-state index is 0.366. The van der Waals surface area contributed by atoms with Crippen LogP contribution in [0.5, 0.6) is 0 Å². The summed E-state index contributed by atoms with van der Waals surface area (Å²) in [5.41, 5.74) is 3.14. The molecule has 0 radical (unpaired) electrons. The zero-order chi connectivity index (χ0) is 13.9. The van der Waals surface area contributed by atoms with Gasteiger partial charge in [-0.3, -0.25) is 0 Å². The van der Waals surface area contributed by atoms with Crippen molar-refractivity contribution in [1.82, 2.24) is 0 Å². The van der Waals surface area contributed by atoms with E-state index in [0.717, 1.165) is 31.2 Å². The Morgan fingerprint density at radius 3 is 2.42 bits per heavy atom. The molecule has 0 spiro atoms. The lowest BCUT2D eigenvalue weighted by Gasteiger charge is -2.41. The molecular weight excluding hydrogens is 236 g/mol. The van der Waals surface area contributed by atoms with Crippen LogP contribution in [0.25, 0.3) is 0 Å². The first-order chi connectivity index (χ1) is 9.09. The Morgan fingerprint density at radius 2 is 1.84 bits per heavy atom. The number of aryl methyl sites for hydroxylation is 2. The van der Waals surface area contributed by atoms with Gasteiger partial charge >= 0.3 is 0 Å². The van der Waals surface area contributed by atoms with Gasteiger partial charge in [-0.05, 0) is 50.3 Å². The van der Waals surface area contributed by atoms with Crippen molar-refractivity contribution >= 4 is 0 Å². The van der Waals surface area contributed by atoms with Gasteiger partial charge in [-0.2, -0.15) is 0 Å². The molecule has 0 bridgehead atoms. The summed E-state index contributed by atoms with van der Waals surface area (Å²) < 4.78 is 6.01. The van der Waals surface area contributed by atoms with Crippen LogP contribution >= 0.6 is 0 Å². The van der Waals surface area contributed by atoms with Crippen LogP contribution in [0.1, 0.15) is 61.8 Å². The van der Waals surface area contributed by atoms with Gasteiger partial charge in [0.25, 0.3) is 0 Å². The van der Waals surface area contributed by atoms with Gasteiger partial charge < -0.3 is 9.84 Å². The second kappa shape index (κ2) is 6.06. The number of benzene rings is 1. The maximum Gasteiger partial charge on any atom is 0.108 e. The molecule has 1 aromatic carbocycles. The molecule has 2 nitrogen and oxygen atoms in total. The van der Waals surface area contributed by atoms with E-state index in [2.05, 4.69) is 26.0 Å². The van der Waals surface area contributed by atoms with Gasteiger partial charge in [0.1, 0.15) is 6.10 Å². The van der Waals surface area contributed by atoms with E-state index < -0.39 is 6.10 Å². The zero-order valence-corrected chi connectivity index (χ0v) is 12.4. The fourth-order valence-electron chi connectivity index (χ4n) is 3.17. The number of ether oxygens (including phenoxy) is 1. The highest BCUT2D eigenvalue weighted by molar-refractivity contribution is 5.32. The lowest BCUT2D eigenvalue weighted by Crippen LogP contribution is -2.41. The van der Waals surface area contributed by atoms with E-state index in [1.165, 1.54) is 17.5 Å². The average molecular weight is 262 g/mol. The minimum Gasteiger partial charge on any atom is -0.385 e. The summed E-state index contributed by atoms with van der Waals surface area (Å²) in [5.74, 6) is 0. The SMILES string of the molecule is CCOC1(C(O)c2ccc(C)c(C)c2)CCCCC1.